The van der Waals surface area contributed by atoms with Crippen LogP contribution >= 0.6 is 0 Å². The molecule has 70 valence electrons. The fourth-order valence-electron chi connectivity index (χ4n) is 1.74. The van der Waals surface area contributed by atoms with Gasteiger partial charge in [-0.1, -0.05) is 0 Å². The van der Waals surface area contributed by atoms with Crippen LogP contribution in [0, 0.1) is 6.92 Å². The molecule has 1 aromatic heterocycles. The molecule has 13 heavy (non-hydrogen) atoms. The molecule has 2 rings (SSSR count). The highest BCUT2D eigenvalue weighted by Gasteiger charge is 2.21. The van der Waals surface area contributed by atoms with Gasteiger partial charge >= 0.3 is 0 Å². The molecule has 0 aromatic carbocycles. The molecule has 0 fully saturated rings. The van der Waals surface area contributed by atoms with Crippen molar-refractivity contribution in [3.05, 3.63) is 17.0 Å². The van der Waals surface area contributed by atoms with Gasteiger partial charge in [0.15, 0.2) is 0 Å². The van der Waals surface area contributed by atoms with E-state index in [1.54, 1.807) is 6.92 Å². The number of fused-ring (bicyclic) bond motifs is 1. The number of aryl methyl sites for hydroxylation is 1. The minimum Gasteiger partial charge on any atom is -0.337 e. The molecule has 0 unspecified atom stereocenters. The highest BCUT2D eigenvalue weighted by Crippen LogP contribution is 2.18. The monoisotopic (exact) mass is 179 g/mol. The van der Waals surface area contributed by atoms with Crippen LogP contribution in [-0.2, 0) is 17.8 Å². The summed E-state index contributed by atoms with van der Waals surface area (Å²) in [4.78, 5) is 12.9. The maximum absolute atomic E-state index is 11.1. The van der Waals surface area contributed by atoms with Gasteiger partial charge in [0.2, 0.25) is 5.91 Å². The summed E-state index contributed by atoms with van der Waals surface area (Å²) in [6.07, 6.45) is 0.928. The van der Waals surface area contributed by atoms with Gasteiger partial charge in [0.05, 0.1) is 12.2 Å². The van der Waals surface area contributed by atoms with Gasteiger partial charge in [0.1, 0.15) is 0 Å². The van der Waals surface area contributed by atoms with Crippen molar-refractivity contribution in [2.45, 2.75) is 26.8 Å². The summed E-state index contributed by atoms with van der Waals surface area (Å²) >= 11 is 0. The second-order valence-electron chi connectivity index (χ2n) is 3.46. The number of aromatic amines is 1. The maximum Gasteiger partial charge on any atom is 0.219 e. The minimum atomic E-state index is 0.131. The predicted molar refractivity (Wildman–Crippen MR) is 48.1 cm³/mol. The van der Waals surface area contributed by atoms with E-state index in [2.05, 4.69) is 10.2 Å². The Bertz CT molecular complexity index is 343. The van der Waals surface area contributed by atoms with Crippen molar-refractivity contribution >= 4 is 5.91 Å². The number of carbonyl (C=O) groups is 1. The summed E-state index contributed by atoms with van der Waals surface area (Å²) in [6.45, 7) is 5.11. The lowest BCUT2D eigenvalue weighted by Gasteiger charge is -2.24. The van der Waals surface area contributed by atoms with Gasteiger partial charge < -0.3 is 4.90 Å². The van der Waals surface area contributed by atoms with Crippen LogP contribution < -0.4 is 0 Å². The summed E-state index contributed by atoms with van der Waals surface area (Å²) in [6, 6.07) is 0. The second kappa shape index (κ2) is 2.87. The van der Waals surface area contributed by atoms with Crippen molar-refractivity contribution in [2.75, 3.05) is 6.54 Å². The van der Waals surface area contributed by atoms with Gasteiger partial charge in [0, 0.05) is 19.2 Å². The number of carbonyl (C=O) groups excluding carboxylic acids is 1. The van der Waals surface area contributed by atoms with Crippen LogP contribution in [0.3, 0.4) is 0 Å². The molecule has 1 amide bonds. The van der Waals surface area contributed by atoms with Crippen LogP contribution in [0.1, 0.15) is 23.9 Å². The van der Waals surface area contributed by atoms with Crippen molar-refractivity contribution in [3.63, 3.8) is 0 Å². The van der Waals surface area contributed by atoms with E-state index < -0.39 is 0 Å². The van der Waals surface area contributed by atoms with E-state index in [-0.39, 0.29) is 5.91 Å². The van der Waals surface area contributed by atoms with E-state index in [1.807, 2.05) is 11.8 Å². The number of aromatic nitrogens is 2. The highest BCUT2D eigenvalue weighted by molar-refractivity contribution is 5.73. The molecule has 1 aromatic rings. The highest BCUT2D eigenvalue weighted by atomic mass is 16.2. The van der Waals surface area contributed by atoms with Crippen molar-refractivity contribution in [2.24, 2.45) is 0 Å². The number of nitrogens with zero attached hydrogens (tertiary/aromatic N) is 2. The van der Waals surface area contributed by atoms with Gasteiger partial charge in [-0.3, -0.25) is 9.89 Å². The van der Waals surface area contributed by atoms with Crippen LogP contribution in [0.5, 0.6) is 0 Å². The molecule has 1 aliphatic heterocycles. The molecule has 0 bridgehead atoms. The zero-order chi connectivity index (χ0) is 9.42. The Labute approximate surface area is 76.9 Å². The minimum absolute atomic E-state index is 0.131. The van der Waals surface area contributed by atoms with Crippen molar-refractivity contribution in [1.82, 2.24) is 15.1 Å². The summed E-state index contributed by atoms with van der Waals surface area (Å²) in [5, 5.41) is 7.12. The third-order valence-electron chi connectivity index (χ3n) is 2.58. The Morgan fingerprint density at radius 1 is 1.62 bits per heavy atom. The molecule has 1 aliphatic rings. The van der Waals surface area contributed by atoms with Gasteiger partial charge in [0.25, 0.3) is 0 Å². The summed E-state index contributed by atoms with van der Waals surface area (Å²) in [5.74, 6) is 0.131. The molecular weight excluding hydrogens is 166 g/mol. The molecule has 0 aliphatic carbocycles. The molecular formula is C9H13N3O. The largest absolute Gasteiger partial charge is 0.337 e. The third kappa shape index (κ3) is 1.32. The predicted octanol–water partition coefficient (Wildman–Crippen LogP) is 0.623. The molecule has 0 atom stereocenters. The summed E-state index contributed by atoms with van der Waals surface area (Å²) < 4.78 is 0. The van der Waals surface area contributed by atoms with E-state index in [0.29, 0.717) is 6.54 Å². The molecule has 2 heterocycles. The number of nitrogens with one attached hydrogen (secondary N) is 1. The van der Waals surface area contributed by atoms with Crippen LogP contribution in [0.2, 0.25) is 0 Å². The zero-order valence-electron chi connectivity index (χ0n) is 7.92. The molecule has 1 N–H and O–H groups in total. The molecule has 0 saturated heterocycles. The van der Waals surface area contributed by atoms with E-state index in [1.165, 1.54) is 5.56 Å². The number of amides is 1. The molecule has 4 heteroatoms. The van der Waals surface area contributed by atoms with Crippen molar-refractivity contribution in [1.29, 1.82) is 0 Å². The summed E-state index contributed by atoms with van der Waals surface area (Å²) in [7, 11) is 0. The number of H-pyrrole nitrogens is 1. The summed E-state index contributed by atoms with van der Waals surface area (Å²) in [5.41, 5.74) is 3.45. The molecule has 4 nitrogen and oxygen atoms in total. The average molecular weight is 179 g/mol. The van der Waals surface area contributed by atoms with Gasteiger partial charge in [-0.25, -0.2) is 0 Å². The fraction of sp³-hybridized carbons (Fsp3) is 0.556. The first kappa shape index (κ1) is 8.29. The first-order valence-electron chi connectivity index (χ1n) is 4.46. The van der Waals surface area contributed by atoms with Crippen LogP contribution in [0.15, 0.2) is 0 Å². The second-order valence-corrected chi connectivity index (χ2v) is 3.46. The smallest absolute Gasteiger partial charge is 0.219 e. The molecule has 0 saturated carbocycles. The van der Waals surface area contributed by atoms with E-state index in [0.717, 1.165) is 24.4 Å². The van der Waals surface area contributed by atoms with Gasteiger partial charge in [-0.05, 0) is 18.9 Å². The zero-order valence-corrected chi connectivity index (χ0v) is 7.92. The van der Waals surface area contributed by atoms with Crippen molar-refractivity contribution in [3.8, 4) is 0 Å². The van der Waals surface area contributed by atoms with Crippen LogP contribution in [0.4, 0.5) is 0 Å². The molecule has 0 spiro atoms. The third-order valence-corrected chi connectivity index (χ3v) is 2.58. The Morgan fingerprint density at radius 2 is 2.38 bits per heavy atom. The fourth-order valence-corrected chi connectivity index (χ4v) is 1.74. The van der Waals surface area contributed by atoms with Gasteiger partial charge in [-0.15, -0.1) is 0 Å². The Hall–Kier alpha value is -1.32. The van der Waals surface area contributed by atoms with E-state index in [9.17, 15) is 4.79 Å². The lowest BCUT2D eigenvalue weighted by molar-refractivity contribution is -0.129. The van der Waals surface area contributed by atoms with Gasteiger partial charge in [-0.2, -0.15) is 5.10 Å². The normalized spacial score (nSPS) is 15.7. The molecule has 0 radical (unpaired) electrons. The number of hydrogen-bond donors (Lipinski definition) is 1. The lowest BCUT2D eigenvalue weighted by Crippen LogP contribution is -2.34. The number of rotatable bonds is 0. The van der Waals surface area contributed by atoms with E-state index in [4.69, 9.17) is 0 Å². The quantitative estimate of drug-likeness (QED) is 0.634. The van der Waals surface area contributed by atoms with Crippen molar-refractivity contribution < 1.29 is 4.79 Å². The SMILES string of the molecule is CC(=O)N1CCc2c(n[nH]c2C)C1. The first-order valence-corrected chi connectivity index (χ1v) is 4.46. The van der Waals surface area contributed by atoms with Crippen LogP contribution in [0.25, 0.3) is 0 Å². The number of hydrogen-bond acceptors (Lipinski definition) is 2. The Morgan fingerprint density at radius 3 is 3.08 bits per heavy atom. The maximum atomic E-state index is 11.1. The standard InChI is InChI=1S/C9H13N3O/c1-6-8-3-4-12(7(2)13)5-9(8)11-10-6/h3-5H2,1-2H3,(H,10,11). The van der Waals surface area contributed by atoms with E-state index >= 15 is 0 Å². The average Bonchev–Trinajstić information content (AvgIpc) is 2.47. The van der Waals surface area contributed by atoms with Crippen LogP contribution in [-0.4, -0.2) is 27.5 Å². The Balaban J connectivity index is 2.25. The topological polar surface area (TPSA) is 49.0 Å². The lowest BCUT2D eigenvalue weighted by atomic mass is 10.1. The first-order chi connectivity index (χ1) is 6.18. The Kier molecular flexibility index (Phi) is 1.83.